The zero-order chi connectivity index (χ0) is 17.7. The average Bonchev–Trinajstić information content (AvgIpc) is 2.81. The zero-order valence-corrected chi connectivity index (χ0v) is 14.7. The third kappa shape index (κ3) is 4.16. The summed E-state index contributed by atoms with van der Waals surface area (Å²) < 4.78 is 6.46. The van der Waals surface area contributed by atoms with Gasteiger partial charge in [0.15, 0.2) is 6.61 Å². The molecular formula is C17H15Cl2N3O2. The van der Waals surface area contributed by atoms with Crippen LogP contribution >= 0.6 is 23.2 Å². The molecule has 7 heteroatoms. The Morgan fingerprint density at radius 1 is 1.38 bits per heavy atom. The summed E-state index contributed by atoms with van der Waals surface area (Å²) in [5.41, 5.74) is 3.23. The molecule has 124 valence electrons. The Balaban J connectivity index is 2.25. The standard InChI is InChI=1S/C17H15Cl2N3O2/c1-11-13(6-7-17(23)24-9-8-20)12(2)22(21-11)10-14-15(18)4-3-5-16(14)19/h3-7H,9-10H2,1-2H3/b7-6+. The molecule has 24 heavy (non-hydrogen) atoms. The lowest BCUT2D eigenvalue weighted by Crippen LogP contribution is -2.05. The number of benzene rings is 1. The molecule has 1 heterocycles. The van der Waals surface area contributed by atoms with Crippen LogP contribution in [-0.2, 0) is 16.1 Å². The van der Waals surface area contributed by atoms with E-state index in [1.54, 1.807) is 35.0 Å². The molecule has 0 radical (unpaired) electrons. The molecule has 0 bridgehead atoms. The van der Waals surface area contributed by atoms with Gasteiger partial charge in [0.1, 0.15) is 6.07 Å². The van der Waals surface area contributed by atoms with Gasteiger partial charge in [0.2, 0.25) is 0 Å². The molecule has 0 aliphatic heterocycles. The molecule has 0 saturated heterocycles. The molecule has 5 nitrogen and oxygen atoms in total. The number of hydrogen-bond donors (Lipinski definition) is 0. The number of carbonyl (C=O) groups is 1. The Bertz CT molecular complexity index is 815. The highest BCUT2D eigenvalue weighted by molar-refractivity contribution is 6.35. The van der Waals surface area contributed by atoms with Crippen LogP contribution < -0.4 is 0 Å². The molecule has 2 rings (SSSR count). The van der Waals surface area contributed by atoms with E-state index in [1.165, 1.54) is 6.08 Å². The number of carbonyl (C=O) groups excluding carboxylic acids is 1. The molecule has 0 aliphatic rings. The van der Waals surface area contributed by atoms with Gasteiger partial charge in [0.25, 0.3) is 0 Å². The number of esters is 1. The van der Waals surface area contributed by atoms with Gasteiger partial charge >= 0.3 is 5.97 Å². The summed E-state index contributed by atoms with van der Waals surface area (Å²) in [6, 6.07) is 7.09. The molecule has 1 aromatic carbocycles. The Kier molecular flexibility index (Phi) is 6.02. The second kappa shape index (κ2) is 8.00. The Hall–Kier alpha value is -2.29. The van der Waals surface area contributed by atoms with Crippen molar-refractivity contribution in [2.45, 2.75) is 20.4 Å². The van der Waals surface area contributed by atoms with Gasteiger partial charge in [-0.05, 0) is 32.1 Å². The second-order valence-electron chi connectivity index (χ2n) is 5.04. The number of ether oxygens (including phenoxy) is 1. The summed E-state index contributed by atoms with van der Waals surface area (Å²) in [7, 11) is 0. The van der Waals surface area contributed by atoms with Crippen molar-refractivity contribution in [3.63, 3.8) is 0 Å². The molecule has 0 aliphatic carbocycles. The van der Waals surface area contributed by atoms with E-state index in [2.05, 4.69) is 9.84 Å². The van der Waals surface area contributed by atoms with E-state index in [0.29, 0.717) is 16.6 Å². The molecule has 0 saturated carbocycles. The van der Waals surface area contributed by atoms with Crippen LogP contribution in [0, 0.1) is 25.2 Å². The Morgan fingerprint density at radius 3 is 2.67 bits per heavy atom. The van der Waals surface area contributed by atoms with Crippen LogP contribution in [0.2, 0.25) is 10.0 Å². The Labute approximate surface area is 150 Å². The van der Waals surface area contributed by atoms with E-state index in [0.717, 1.165) is 22.5 Å². The van der Waals surface area contributed by atoms with E-state index >= 15 is 0 Å². The Morgan fingerprint density at radius 2 is 2.04 bits per heavy atom. The van der Waals surface area contributed by atoms with Gasteiger partial charge in [-0.2, -0.15) is 10.4 Å². The largest absolute Gasteiger partial charge is 0.447 e. The number of rotatable bonds is 5. The summed E-state index contributed by atoms with van der Waals surface area (Å²) in [4.78, 5) is 11.5. The second-order valence-corrected chi connectivity index (χ2v) is 5.86. The summed E-state index contributed by atoms with van der Waals surface area (Å²) in [6.07, 6.45) is 2.91. The van der Waals surface area contributed by atoms with Crippen LogP contribution in [0.1, 0.15) is 22.5 Å². The summed E-state index contributed by atoms with van der Waals surface area (Å²) in [6.45, 7) is 3.90. The van der Waals surface area contributed by atoms with Gasteiger partial charge in [-0.15, -0.1) is 0 Å². The first-order valence-electron chi connectivity index (χ1n) is 7.12. The van der Waals surface area contributed by atoms with E-state index in [4.69, 9.17) is 28.5 Å². The highest BCUT2D eigenvalue weighted by atomic mass is 35.5. The number of hydrogen-bond acceptors (Lipinski definition) is 4. The smallest absolute Gasteiger partial charge is 0.331 e. The van der Waals surface area contributed by atoms with Gasteiger partial charge in [-0.1, -0.05) is 29.3 Å². The van der Waals surface area contributed by atoms with Crippen LogP contribution in [0.4, 0.5) is 0 Å². The van der Waals surface area contributed by atoms with Crippen molar-refractivity contribution >= 4 is 35.2 Å². The molecule has 0 amide bonds. The van der Waals surface area contributed by atoms with Crippen molar-refractivity contribution in [3.8, 4) is 6.07 Å². The van der Waals surface area contributed by atoms with Gasteiger partial charge < -0.3 is 4.74 Å². The van der Waals surface area contributed by atoms with Crippen molar-refractivity contribution in [2.24, 2.45) is 0 Å². The van der Waals surface area contributed by atoms with Gasteiger partial charge in [-0.3, -0.25) is 4.68 Å². The molecule has 2 aromatic rings. The maximum atomic E-state index is 11.5. The lowest BCUT2D eigenvalue weighted by molar-refractivity contribution is -0.136. The maximum absolute atomic E-state index is 11.5. The lowest BCUT2D eigenvalue weighted by Gasteiger charge is -2.09. The predicted octanol–water partition coefficient (Wildman–Crippen LogP) is 3.94. The average molecular weight is 364 g/mol. The fraction of sp³-hybridized carbons (Fsp3) is 0.235. The van der Waals surface area contributed by atoms with Crippen molar-refractivity contribution in [3.05, 3.63) is 56.8 Å². The van der Waals surface area contributed by atoms with Crippen LogP contribution in [0.15, 0.2) is 24.3 Å². The fourth-order valence-corrected chi connectivity index (χ4v) is 2.76. The highest BCUT2D eigenvalue weighted by Gasteiger charge is 2.13. The quantitative estimate of drug-likeness (QED) is 0.595. The number of aryl methyl sites for hydroxylation is 1. The van der Waals surface area contributed by atoms with Crippen molar-refractivity contribution < 1.29 is 9.53 Å². The minimum absolute atomic E-state index is 0.272. The minimum Gasteiger partial charge on any atom is -0.447 e. The first kappa shape index (κ1) is 18.1. The number of halogens is 2. The number of nitrogens with zero attached hydrogens (tertiary/aromatic N) is 3. The SMILES string of the molecule is Cc1nn(Cc2c(Cl)cccc2Cl)c(C)c1/C=C/C(=O)OCC#N. The minimum atomic E-state index is -0.572. The third-order valence-corrected chi connectivity index (χ3v) is 4.18. The van der Waals surface area contributed by atoms with Crippen molar-refractivity contribution in [1.82, 2.24) is 9.78 Å². The van der Waals surface area contributed by atoms with Gasteiger partial charge in [-0.25, -0.2) is 4.79 Å². The highest BCUT2D eigenvalue weighted by Crippen LogP contribution is 2.26. The van der Waals surface area contributed by atoms with E-state index < -0.39 is 5.97 Å². The van der Waals surface area contributed by atoms with E-state index in [-0.39, 0.29) is 6.61 Å². The fourth-order valence-electron chi connectivity index (χ4n) is 2.24. The first-order valence-corrected chi connectivity index (χ1v) is 7.88. The third-order valence-electron chi connectivity index (χ3n) is 3.47. The van der Waals surface area contributed by atoms with Crippen LogP contribution in [-0.4, -0.2) is 22.4 Å². The summed E-state index contributed by atoms with van der Waals surface area (Å²) in [5.74, 6) is -0.572. The molecule has 0 N–H and O–H groups in total. The summed E-state index contributed by atoms with van der Waals surface area (Å²) >= 11 is 12.4. The van der Waals surface area contributed by atoms with Gasteiger partial charge in [0.05, 0.1) is 12.2 Å². The first-order chi connectivity index (χ1) is 11.4. The maximum Gasteiger partial charge on any atom is 0.331 e. The number of nitriles is 1. The number of aromatic nitrogens is 2. The van der Waals surface area contributed by atoms with Crippen LogP contribution in [0.5, 0.6) is 0 Å². The lowest BCUT2D eigenvalue weighted by atomic mass is 10.1. The van der Waals surface area contributed by atoms with Gasteiger partial charge in [0, 0.05) is 32.9 Å². The monoisotopic (exact) mass is 363 g/mol. The molecule has 0 atom stereocenters. The normalized spacial score (nSPS) is 10.8. The molecule has 0 unspecified atom stereocenters. The van der Waals surface area contributed by atoms with Crippen molar-refractivity contribution in [2.75, 3.05) is 6.61 Å². The topological polar surface area (TPSA) is 67.9 Å². The molecule has 0 fully saturated rings. The predicted molar refractivity (Wildman–Crippen MR) is 92.9 cm³/mol. The van der Waals surface area contributed by atoms with Crippen LogP contribution in [0.25, 0.3) is 6.08 Å². The van der Waals surface area contributed by atoms with E-state index in [9.17, 15) is 4.79 Å². The summed E-state index contributed by atoms with van der Waals surface area (Å²) in [5, 5.41) is 14.0. The van der Waals surface area contributed by atoms with E-state index in [1.807, 2.05) is 13.8 Å². The molecular weight excluding hydrogens is 349 g/mol. The van der Waals surface area contributed by atoms with Crippen LogP contribution in [0.3, 0.4) is 0 Å². The zero-order valence-electron chi connectivity index (χ0n) is 13.2. The molecule has 0 spiro atoms. The molecule has 1 aromatic heterocycles. The van der Waals surface area contributed by atoms with Crippen molar-refractivity contribution in [1.29, 1.82) is 5.26 Å².